The van der Waals surface area contributed by atoms with Crippen molar-refractivity contribution in [2.24, 2.45) is 11.8 Å². The van der Waals surface area contributed by atoms with E-state index in [0.717, 1.165) is 108 Å². The number of phosphoric ester groups is 2. The normalized spacial score (nSPS) is 14.7. The molecule has 0 spiro atoms. The largest absolute Gasteiger partial charge is 0.472 e. The van der Waals surface area contributed by atoms with E-state index in [-0.39, 0.29) is 25.7 Å². The SMILES string of the molecule is CCCCCCCCCCCCCCC(=O)O[C@H](COC(=O)CCCCCCCCCC)COP(=O)(O)OC[C@H](O)COP(=O)(O)OC[C@@H](COC(=O)CCCCCCCCCCCCC(C)CC)OC(=O)CCCCCCCCCCCCCCCCC(C)CC. The molecule has 92 heavy (non-hydrogen) atoms. The molecule has 0 heterocycles. The van der Waals surface area contributed by atoms with Gasteiger partial charge in [0.1, 0.15) is 19.3 Å². The highest BCUT2D eigenvalue weighted by Crippen LogP contribution is 2.45. The van der Waals surface area contributed by atoms with Crippen LogP contribution in [0.2, 0.25) is 0 Å². The van der Waals surface area contributed by atoms with Gasteiger partial charge in [0, 0.05) is 25.7 Å². The van der Waals surface area contributed by atoms with Crippen LogP contribution in [0.5, 0.6) is 0 Å². The quantitative estimate of drug-likeness (QED) is 0.0222. The molecule has 0 saturated heterocycles. The number of carbonyl (C=O) groups excluding carboxylic acids is 4. The first-order valence-corrected chi connectivity index (χ1v) is 41.1. The summed E-state index contributed by atoms with van der Waals surface area (Å²) in [5.41, 5.74) is 0. The first kappa shape index (κ1) is 90.1. The molecule has 0 fully saturated rings. The molecule has 0 aliphatic heterocycles. The molecule has 0 aromatic carbocycles. The van der Waals surface area contributed by atoms with Crippen molar-refractivity contribution in [3.05, 3.63) is 0 Å². The van der Waals surface area contributed by atoms with Crippen molar-refractivity contribution < 1.29 is 80.2 Å². The Hall–Kier alpha value is -1.94. The Bertz CT molecular complexity index is 1790. The fourth-order valence-corrected chi connectivity index (χ4v) is 12.6. The van der Waals surface area contributed by atoms with E-state index >= 15 is 0 Å². The second-order valence-corrected chi connectivity index (χ2v) is 29.7. The molecule has 0 saturated carbocycles. The Balaban J connectivity index is 5.22. The van der Waals surface area contributed by atoms with Gasteiger partial charge in [-0.25, -0.2) is 9.13 Å². The van der Waals surface area contributed by atoms with Crippen LogP contribution in [0.1, 0.15) is 375 Å². The van der Waals surface area contributed by atoms with Crippen molar-refractivity contribution in [3.8, 4) is 0 Å². The summed E-state index contributed by atoms with van der Waals surface area (Å²) in [5.74, 6) is -0.465. The molecule has 17 nitrogen and oxygen atoms in total. The summed E-state index contributed by atoms with van der Waals surface area (Å²) in [4.78, 5) is 72.6. The number of aliphatic hydroxyl groups is 1. The van der Waals surface area contributed by atoms with Crippen LogP contribution in [-0.2, 0) is 65.4 Å². The first-order chi connectivity index (χ1) is 44.4. The van der Waals surface area contributed by atoms with Crippen LogP contribution in [-0.4, -0.2) is 96.7 Å². The number of rotatable bonds is 72. The second-order valence-electron chi connectivity index (χ2n) is 26.8. The second kappa shape index (κ2) is 65.0. The highest BCUT2D eigenvalue weighted by atomic mass is 31.2. The van der Waals surface area contributed by atoms with Gasteiger partial charge in [0.05, 0.1) is 26.4 Å². The minimum atomic E-state index is -4.95. The third kappa shape index (κ3) is 64.1. The van der Waals surface area contributed by atoms with Gasteiger partial charge >= 0.3 is 39.5 Å². The van der Waals surface area contributed by atoms with Crippen LogP contribution < -0.4 is 0 Å². The Morgan fingerprint density at radius 1 is 0.304 bits per heavy atom. The van der Waals surface area contributed by atoms with Gasteiger partial charge in [-0.3, -0.25) is 37.3 Å². The molecule has 0 aromatic rings. The number of phosphoric acid groups is 2. The summed E-state index contributed by atoms with van der Waals surface area (Å²) in [5, 5.41) is 10.6. The number of aliphatic hydroxyl groups excluding tert-OH is 1. The number of esters is 4. The summed E-state index contributed by atoms with van der Waals surface area (Å²) in [6.07, 6.45) is 51.1. The van der Waals surface area contributed by atoms with E-state index in [1.165, 1.54) is 186 Å². The maximum atomic E-state index is 13.1. The topological polar surface area (TPSA) is 237 Å². The number of unbranched alkanes of at least 4 members (excludes halogenated alkanes) is 40. The molecule has 0 aromatic heterocycles. The number of carbonyl (C=O) groups is 4. The van der Waals surface area contributed by atoms with Crippen molar-refractivity contribution in [1.29, 1.82) is 0 Å². The average molecular weight is 1350 g/mol. The summed E-state index contributed by atoms with van der Waals surface area (Å²) in [6.45, 7) is 9.63. The molecule has 0 bridgehead atoms. The fourth-order valence-electron chi connectivity index (χ4n) is 11.1. The van der Waals surface area contributed by atoms with Gasteiger partial charge in [-0.1, -0.05) is 324 Å². The zero-order valence-corrected chi connectivity index (χ0v) is 61.6. The molecule has 0 aliphatic rings. The Labute approximate surface area is 562 Å². The third-order valence-corrected chi connectivity index (χ3v) is 19.6. The van der Waals surface area contributed by atoms with Gasteiger partial charge in [-0.15, -0.1) is 0 Å². The maximum Gasteiger partial charge on any atom is 0.472 e. The van der Waals surface area contributed by atoms with E-state index in [1.54, 1.807) is 0 Å². The van der Waals surface area contributed by atoms with Crippen LogP contribution in [0.25, 0.3) is 0 Å². The molecule has 546 valence electrons. The van der Waals surface area contributed by atoms with E-state index in [4.69, 9.17) is 37.0 Å². The van der Waals surface area contributed by atoms with Gasteiger partial charge in [0.25, 0.3) is 0 Å². The molecule has 7 atom stereocenters. The number of hydrogen-bond donors (Lipinski definition) is 3. The van der Waals surface area contributed by atoms with E-state index in [0.29, 0.717) is 25.7 Å². The molecule has 4 unspecified atom stereocenters. The summed E-state index contributed by atoms with van der Waals surface area (Å²) in [6, 6.07) is 0. The molecule has 0 radical (unpaired) electrons. The van der Waals surface area contributed by atoms with E-state index in [1.807, 2.05) is 0 Å². The zero-order chi connectivity index (χ0) is 67.9. The standard InChI is InChI=1S/C73H142O17P2/c1-7-11-13-15-17-19-20-26-33-39-45-51-57-72(77)89-68(61-83-70(75)55-49-43-37-18-16-14-12-8-2)63-87-91(79,80)85-59-67(74)60-86-92(81,82)88-64-69(62-84-71(76)56-50-44-38-32-29-28-31-36-42-48-54-66(6)10-4)90-73(78)58-52-46-40-34-27-24-22-21-23-25-30-35-41-47-53-65(5)9-3/h65-69,74H,7-64H2,1-6H3,(H,79,80)(H,81,82)/t65?,66?,67-,68+,69+/m0/s1. The first-order valence-electron chi connectivity index (χ1n) is 38.1. The van der Waals surface area contributed by atoms with Crippen LogP contribution in [0.3, 0.4) is 0 Å². The van der Waals surface area contributed by atoms with E-state index in [9.17, 15) is 43.2 Å². The molecule has 0 rings (SSSR count). The summed E-state index contributed by atoms with van der Waals surface area (Å²) in [7, 11) is -9.90. The summed E-state index contributed by atoms with van der Waals surface area (Å²) >= 11 is 0. The fraction of sp³-hybridized carbons (Fsp3) is 0.945. The maximum absolute atomic E-state index is 13.1. The highest BCUT2D eigenvalue weighted by molar-refractivity contribution is 7.47. The zero-order valence-electron chi connectivity index (χ0n) is 59.9. The molecule has 0 aliphatic carbocycles. The Morgan fingerprint density at radius 3 is 0.772 bits per heavy atom. The van der Waals surface area contributed by atoms with Gasteiger partial charge in [0.15, 0.2) is 12.2 Å². The lowest BCUT2D eigenvalue weighted by atomic mass is 9.99. The predicted molar refractivity (Wildman–Crippen MR) is 372 cm³/mol. The van der Waals surface area contributed by atoms with Crippen LogP contribution in [0.4, 0.5) is 0 Å². The van der Waals surface area contributed by atoms with Crippen molar-refractivity contribution in [3.63, 3.8) is 0 Å². The molecular weight excluding hydrogens is 1210 g/mol. The minimum absolute atomic E-state index is 0.107. The van der Waals surface area contributed by atoms with Crippen molar-refractivity contribution in [1.82, 2.24) is 0 Å². The van der Waals surface area contributed by atoms with Crippen LogP contribution in [0.15, 0.2) is 0 Å². The number of ether oxygens (including phenoxy) is 4. The number of hydrogen-bond acceptors (Lipinski definition) is 15. The lowest BCUT2D eigenvalue weighted by molar-refractivity contribution is -0.161. The summed E-state index contributed by atoms with van der Waals surface area (Å²) < 4.78 is 68.3. The lowest BCUT2D eigenvalue weighted by Crippen LogP contribution is -2.30. The monoisotopic (exact) mass is 1350 g/mol. The van der Waals surface area contributed by atoms with E-state index in [2.05, 4.69) is 41.5 Å². The molecule has 19 heteroatoms. The van der Waals surface area contributed by atoms with Crippen molar-refractivity contribution in [2.45, 2.75) is 394 Å². The van der Waals surface area contributed by atoms with Gasteiger partial charge in [-0.2, -0.15) is 0 Å². The molecule has 0 amide bonds. The Morgan fingerprint density at radius 2 is 0.522 bits per heavy atom. The van der Waals surface area contributed by atoms with Crippen molar-refractivity contribution in [2.75, 3.05) is 39.6 Å². The smallest absolute Gasteiger partial charge is 0.462 e. The van der Waals surface area contributed by atoms with Gasteiger partial charge in [0.2, 0.25) is 0 Å². The van der Waals surface area contributed by atoms with Crippen molar-refractivity contribution >= 4 is 39.5 Å². The minimum Gasteiger partial charge on any atom is -0.462 e. The van der Waals surface area contributed by atoms with Crippen LogP contribution in [0, 0.1) is 11.8 Å². The van der Waals surface area contributed by atoms with Crippen LogP contribution >= 0.6 is 15.6 Å². The van der Waals surface area contributed by atoms with Gasteiger partial charge in [-0.05, 0) is 37.5 Å². The van der Waals surface area contributed by atoms with Gasteiger partial charge < -0.3 is 33.8 Å². The molecule has 3 N–H and O–H groups in total. The average Bonchev–Trinajstić information content (AvgIpc) is 3.60. The Kier molecular flexibility index (Phi) is 63.7. The van der Waals surface area contributed by atoms with E-state index < -0.39 is 97.5 Å². The predicted octanol–water partition coefficient (Wildman–Crippen LogP) is 21.2. The third-order valence-electron chi connectivity index (χ3n) is 17.7. The molecular formula is C73H142O17P2. The lowest BCUT2D eigenvalue weighted by Gasteiger charge is -2.21. The highest BCUT2D eigenvalue weighted by Gasteiger charge is 2.30.